The molecule has 0 bridgehead atoms. The zero-order valence-corrected chi connectivity index (χ0v) is 10.3. The van der Waals surface area contributed by atoms with Crippen molar-refractivity contribution >= 4 is 29.2 Å². The molecule has 0 atom stereocenters. The second-order valence-electron chi connectivity index (χ2n) is 4.47. The van der Waals surface area contributed by atoms with Crippen LogP contribution < -0.4 is 11.1 Å². The first kappa shape index (κ1) is 12.7. The van der Waals surface area contributed by atoms with Crippen LogP contribution >= 0.6 is 11.6 Å². The molecule has 1 saturated carbocycles. The molecule has 1 fully saturated rings. The van der Waals surface area contributed by atoms with E-state index in [1.165, 1.54) is 0 Å². The highest BCUT2D eigenvalue weighted by atomic mass is 35.5. The van der Waals surface area contributed by atoms with E-state index in [0.717, 1.165) is 0 Å². The van der Waals surface area contributed by atoms with Crippen LogP contribution in [0.15, 0.2) is 18.2 Å². The summed E-state index contributed by atoms with van der Waals surface area (Å²) in [5, 5.41) is 12.3. The molecular weight excluding hydrogens is 256 g/mol. The molecule has 1 aliphatic carbocycles. The van der Waals surface area contributed by atoms with Gasteiger partial charge in [0.15, 0.2) is 0 Å². The van der Waals surface area contributed by atoms with Crippen molar-refractivity contribution < 1.29 is 14.7 Å². The minimum Gasteiger partial charge on any atom is -0.481 e. The number of hydrogen-bond donors (Lipinski definition) is 3. The maximum Gasteiger partial charge on any atom is 0.311 e. The van der Waals surface area contributed by atoms with Crippen molar-refractivity contribution in [3.63, 3.8) is 0 Å². The number of primary amides is 1. The molecule has 0 saturated heterocycles. The lowest BCUT2D eigenvalue weighted by atomic mass is 10.1. The zero-order valence-electron chi connectivity index (χ0n) is 9.57. The average molecular weight is 269 g/mol. The molecule has 1 aliphatic rings. The normalized spacial score (nSPS) is 16.1. The first-order valence-corrected chi connectivity index (χ1v) is 5.90. The van der Waals surface area contributed by atoms with Gasteiger partial charge in [0.1, 0.15) is 0 Å². The van der Waals surface area contributed by atoms with E-state index in [2.05, 4.69) is 5.32 Å². The van der Waals surface area contributed by atoms with Gasteiger partial charge in [0.25, 0.3) is 5.91 Å². The highest BCUT2D eigenvalue weighted by molar-refractivity contribution is 6.34. The molecule has 1 aromatic carbocycles. The number of anilines is 1. The van der Waals surface area contributed by atoms with Crippen LogP contribution in [-0.4, -0.2) is 23.5 Å². The van der Waals surface area contributed by atoms with Crippen molar-refractivity contribution in [3.05, 3.63) is 28.8 Å². The van der Waals surface area contributed by atoms with Crippen LogP contribution in [0.4, 0.5) is 5.69 Å². The number of nitrogens with one attached hydrogen (secondary N) is 1. The van der Waals surface area contributed by atoms with E-state index < -0.39 is 17.3 Å². The van der Waals surface area contributed by atoms with Crippen molar-refractivity contribution in [2.24, 2.45) is 11.1 Å². The molecule has 18 heavy (non-hydrogen) atoms. The van der Waals surface area contributed by atoms with Gasteiger partial charge in [-0.05, 0) is 25.0 Å². The number of aliphatic carboxylic acids is 1. The Labute approximate surface area is 109 Å². The summed E-state index contributed by atoms with van der Waals surface area (Å²) < 4.78 is 0. The molecule has 5 nitrogen and oxygen atoms in total. The van der Waals surface area contributed by atoms with Crippen molar-refractivity contribution in [2.45, 2.75) is 12.8 Å². The summed E-state index contributed by atoms with van der Waals surface area (Å²) in [5.74, 6) is -1.46. The molecule has 96 valence electrons. The third-order valence-electron chi connectivity index (χ3n) is 3.18. The molecule has 4 N–H and O–H groups in total. The molecule has 2 rings (SSSR count). The van der Waals surface area contributed by atoms with Gasteiger partial charge >= 0.3 is 5.97 Å². The molecule has 0 unspecified atom stereocenters. The summed E-state index contributed by atoms with van der Waals surface area (Å²) in [6, 6.07) is 4.90. The fourth-order valence-electron chi connectivity index (χ4n) is 1.80. The first-order chi connectivity index (χ1) is 8.46. The molecule has 0 heterocycles. The Bertz CT molecular complexity index is 512. The van der Waals surface area contributed by atoms with Gasteiger partial charge in [-0.3, -0.25) is 9.59 Å². The van der Waals surface area contributed by atoms with E-state index in [1.807, 2.05) is 0 Å². The number of hydrogen-bond acceptors (Lipinski definition) is 3. The number of halogens is 1. The van der Waals surface area contributed by atoms with E-state index in [9.17, 15) is 9.59 Å². The summed E-state index contributed by atoms with van der Waals surface area (Å²) in [6.07, 6.45) is 1.28. The first-order valence-electron chi connectivity index (χ1n) is 5.52. The van der Waals surface area contributed by atoms with Gasteiger partial charge in [-0.1, -0.05) is 17.7 Å². The minimum atomic E-state index is -0.822. The van der Waals surface area contributed by atoms with E-state index in [0.29, 0.717) is 18.5 Å². The van der Waals surface area contributed by atoms with Gasteiger partial charge < -0.3 is 16.2 Å². The van der Waals surface area contributed by atoms with Gasteiger partial charge in [-0.25, -0.2) is 0 Å². The maximum absolute atomic E-state index is 11.3. The number of amides is 1. The number of carbonyl (C=O) groups is 2. The molecule has 6 heteroatoms. The van der Waals surface area contributed by atoms with Crippen LogP contribution in [0.25, 0.3) is 0 Å². The van der Waals surface area contributed by atoms with Crippen LogP contribution in [0.2, 0.25) is 5.02 Å². The predicted octanol–water partition coefficient (Wildman–Crippen LogP) is 1.72. The number of carbonyl (C=O) groups excluding carboxylic acids is 1. The molecule has 0 aromatic heterocycles. The van der Waals surface area contributed by atoms with Gasteiger partial charge in [0.2, 0.25) is 0 Å². The van der Waals surface area contributed by atoms with E-state index in [-0.39, 0.29) is 17.1 Å². The third kappa shape index (κ3) is 2.26. The smallest absolute Gasteiger partial charge is 0.311 e. The molecule has 1 aromatic rings. The number of carboxylic acid groups (broad SMARTS) is 1. The number of rotatable bonds is 5. The van der Waals surface area contributed by atoms with E-state index in [4.69, 9.17) is 22.4 Å². The highest BCUT2D eigenvalue weighted by Gasteiger charge is 2.50. The average Bonchev–Trinajstić information content (AvgIpc) is 3.06. The Morgan fingerprint density at radius 1 is 1.44 bits per heavy atom. The summed E-state index contributed by atoms with van der Waals surface area (Å²) in [4.78, 5) is 22.3. The van der Waals surface area contributed by atoms with Crippen molar-refractivity contribution in [3.8, 4) is 0 Å². The van der Waals surface area contributed by atoms with Crippen molar-refractivity contribution in [2.75, 3.05) is 11.9 Å². The summed E-state index contributed by atoms with van der Waals surface area (Å²) >= 11 is 5.90. The fraction of sp³-hybridized carbons (Fsp3) is 0.333. The van der Waals surface area contributed by atoms with Crippen molar-refractivity contribution in [1.29, 1.82) is 0 Å². The van der Waals surface area contributed by atoms with Crippen LogP contribution in [-0.2, 0) is 4.79 Å². The lowest BCUT2D eigenvalue weighted by Crippen LogP contribution is -2.25. The standard InChI is InChI=1S/C12H13ClN2O3/c13-7-2-1-3-8(9(7)10(14)16)15-6-12(4-5-12)11(17)18/h1-3,15H,4-6H2,(H2,14,16)(H,17,18). The second-order valence-corrected chi connectivity index (χ2v) is 4.87. The van der Waals surface area contributed by atoms with Crippen LogP contribution in [0.5, 0.6) is 0 Å². The fourth-order valence-corrected chi connectivity index (χ4v) is 2.07. The topological polar surface area (TPSA) is 92.4 Å². The molecule has 1 amide bonds. The molecular formula is C12H13ClN2O3. The largest absolute Gasteiger partial charge is 0.481 e. The summed E-state index contributed by atoms with van der Waals surface area (Å²) in [6.45, 7) is 0.267. The number of benzene rings is 1. The van der Waals surface area contributed by atoms with Gasteiger partial charge in [0, 0.05) is 12.2 Å². The Kier molecular flexibility index (Phi) is 3.17. The quantitative estimate of drug-likeness (QED) is 0.758. The zero-order chi connectivity index (χ0) is 13.3. The minimum absolute atomic E-state index is 0.195. The Morgan fingerprint density at radius 3 is 2.61 bits per heavy atom. The third-order valence-corrected chi connectivity index (χ3v) is 3.50. The molecule has 0 radical (unpaired) electrons. The molecule has 0 spiro atoms. The maximum atomic E-state index is 11.3. The van der Waals surface area contributed by atoms with Crippen LogP contribution in [0.1, 0.15) is 23.2 Å². The van der Waals surface area contributed by atoms with E-state index >= 15 is 0 Å². The van der Waals surface area contributed by atoms with Crippen LogP contribution in [0, 0.1) is 5.41 Å². The van der Waals surface area contributed by atoms with Crippen molar-refractivity contribution in [1.82, 2.24) is 0 Å². The summed E-state index contributed by atoms with van der Waals surface area (Å²) in [5.41, 5.74) is 5.21. The van der Waals surface area contributed by atoms with E-state index in [1.54, 1.807) is 18.2 Å². The predicted molar refractivity (Wildman–Crippen MR) is 67.8 cm³/mol. The van der Waals surface area contributed by atoms with Gasteiger partial charge in [0.05, 0.1) is 16.0 Å². The lowest BCUT2D eigenvalue weighted by Gasteiger charge is -2.15. The van der Waals surface area contributed by atoms with Crippen LogP contribution in [0.3, 0.4) is 0 Å². The monoisotopic (exact) mass is 268 g/mol. The van der Waals surface area contributed by atoms with Gasteiger partial charge in [-0.15, -0.1) is 0 Å². The number of carboxylic acids is 1. The second kappa shape index (κ2) is 4.49. The lowest BCUT2D eigenvalue weighted by molar-refractivity contribution is -0.142. The Hall–Kier alpha value is -1.75. The highest BCUT2D eigenvalue weighted by Crippen LogP contribution is 2.46. The SMILES string of the molecule is NC(=O)c1c(Cl)cccc1NCC1(C(=O)O)CC1. The van der Waals surface area contributed by atoms with Gasteiger partial charge in [-0.2, -0.15) is 0 Å². The molecule has 0 aliphatic heterocycles. The number of nitrogens with two attached hydrogens (primary N) is 1. The Balaban J connectivity index is 2.17. The Morgan fingerprint density at radius 2 is 2.11 bits per heavy atom. The summed E-state index contributed by atoms with van der Waals surface area (Å²) in [7, 11) is 0.